The minimum atomic E-state index is -0.0169. The lowest BCUT2D eigenvalue weighted by Crippen LogP contribution is -2.36. The molecule has 0 bridgehead atoms. The number of hydrogen-bond donors (Lipinski definition) is 0. The van der Waals surface area contributed by atoms with Gasteiger partial charge in [0.2, 0.25) is 0 Å². The predicted octanol–water partition coefficient (Wildman–Crippen LogP) is 1.61. The lowest BCUT2D eigenvalue weighted by atomic mass is 9.97. The number of carbonyl (C=O) groups excluding carboxylic acids is 1. The smallest absolute Gasteiger partial charge is 0.309 e. The maximum absolute atomic E-state index is 11.3. The molecule has 0 amide bonds. The quantitative estimate of drug-likeness (QED) is 0.433. The third kappa shape index (κ3) is 3.27. The molecule has 13 heavy (non-hydrogen) atoms. The van der Waals surface area contributed by atoms with Crippen LogP contribution in [-0.4, -0.2) is 36.0 Å². The van der Waals surface area contributed by atoms with Crippen LogP contribution in [-0.2, 0) is 9.53 Å². The van der Waals surface area contributed by atoms with E-state index in [1.807, 2.05) is 6.92 Å². The maximum atomic E-state index is 11.3. The Hall–Kier alpha value is -0.0900. The van der Waals surface area contributed by atoms with Crippen molar-refractivity contribution in [3.8, 4) is 0 Å². The number of carbonyl (C=O) groups is 1. The van der Waals surface area contributed by atoms with Crippen molar-refractivity contribution in [3.05, 3.63) is 0 Å². The highest BCUT2D eigenvalue weighted by molar-refractivity contribution is 9.09. The molecule has 0 N–H and O–H groups in total. The Morgan fingerprint density at radius 3 is 2.62 bits per heavy atom. The number of nitrogens with zero attached hydrogens (tertiary/aromatic N) is 1. The summed E-state index contributed by atoms with van der Waals surface area (Å²) in [5, 5.41) is 0. The van der Waals surface area contributed by atoms with E-state index in [1.54, 1.807) is 0 Å². The van der Waals surface area contributed by atoms with E-state index >= 15 is 0 Å². The van der Waals surface area contributed by atoms with Crippen molar-refractivity contribution in [1.29, 1.82) is 0 Å². The summed E-state index contributed by atoms with van der Waals surface area (Å²) in [6.07, 6.45) is 1.87. The van der Waals surface area contributed by atoms with Gasteiger partial charge in [0.15, 0.2) is 0 Å². The molecule has 4 heteroatoms. The highest BCUT2D eigenvalue weighted by Crippen LogP contribution is 2.18. The molecule has 1 saturated heterocycles. The zero-order chi connectivity index (χ0) is 9.68. The number of piperidine rings is 1. The minimum Gasteiger partial charge on any atom is -0.466 e. The average Bonchev–Trinajstić information content (AvgIpc) is 2.18. The van der Waals surface area contributed by atoms with Crippen molar-refractivity contribution in [2.24, 2.45) is 5.92 Å². The van der Waals surface area contributed by atoms with Gasteiger partial charge in [0.25, 0.3) is 0 Å². The Bertz CT molecular complexity index is 167. The highest BCUT2D eigenvalue weighted by Gasteiger charge is 2.25. The van der Waals surface area contributed by atoms with Gasteiger partial charge in [-0.05, 0) is 32.9 Å². The second-order valence-electron chi connectivity index (χ2n) is 3.26. The first-order chi connectivity index (χ1) is 6.27. The van der Waals surface area contributed by atoms with Gasteiger partial charge < -0.3 is 4.74 Å². The molecular weight excluding hydrogens is 234 g/mol. The summed E-state index contributed by atoms with van der Waals surface area (Å²) >= 11 is 3.41. The second-order valence-corrected chi connectivity index (χ2v) is 3.77. The average molecular weight is 250 g/mol. The fraction of sp³-hybridized carbons (Fsp3) is 0.889. The molecule has 0 aromatic heterocycles. The molecular formula is C9H16BrNO2. The lowest BCUT2D eigenvalue weighted by molar-refractivity contribution is -0.149. The first-order valence-corrected chi connectivity index (χ1v) is 5.85. The zero-order valence-electron chi connectivity index (χ0n) is 7.96. The molecule has 1 heterocycles. The molecule has 0 unspecified atom stereocenters. The van der Waals surface area contributed by atoms with Gasteiger partial charge in [0.05, 0.1) is 18.0 Å². The number of ether oxygens (including phenoxy) is 1. The van der Waals surface area contributed by atoms with E-state index in [0.29, 0.717) is 6.61 Å². The topological polar surface area (TPSA) is 29.5 Å². The normalized spacial score (nSPS) is 20.2. The molecule has 1 aliphatic rings. The Morgan fingerprint density at radius 2 is 2.15 bits per heavy atom. The molecule has 0 aliphatic carbocycles. The van der Waals surface area contributed by atoms with E-state index in [4.69, 9.17) is 4.74 Å². The maximum Gasteiger partial charge on any atom is 0.309 e. The van der Waals surface area contributed by atoms with Crippen LogP contribution in [0.4, 0.5) is 0 Å². The van der Waals surface area contributed by atoms with E-state index < -0.39 is 0 Å². The van der Waals surface area contributed by atoms with Crippen molar-refractivity contribution in [2.45, 2.75) is 19.8 Å². The zero-order valence-corrected chi connectivity index (χ0v) is 9.55. The summed E-state index contributed by atoms with van der Waals surface area (Å²) in [5.74, 6) is 0.118. The molecule has 1 rings (SSSR count). The Kier molecular flexibility index (Phi) is 4.73. The number of alkyl halides is 1. The van der Waals surface area contributed by atoms with Crippen LogP contribution in [0.1, 0.15) is 19.8 Å². The standard InChI is InChI=1S/C9H16BrNO2/c1-2-13-9(12)8-3-5-11(7-10)6-4-8/h8H,2-7H2,1H3. The van der Waals surface area contributed by atoms with E-state index in [1.165, 1.54) is 0 Å². The third-order valence-corrected chi connectivity index (χ3v) is 3.09. The molecule has 0 radical (unpaired) electrons. The van der Waals surface area contributed by atoms with Crippen LogP contribution in [0, 0.1) is 5.92 Å². The monoisotopic (exact) mass is 249 g/mol. The number of esters is 1. The fourth-order valence-corrected chi connectivity index (χ4v) is 2.05. The summed E-state index contributed by atoms with van der Waals surface area (Å²) in [7, 11) is 0. The van der Waals surface area contributed by atoms with Gasteiger partial charge in [-0.25, -0.2) is 0 Å². The van der Waals surface area contributed by atoms with Gasteiger partial charge in [0.1, 0.15) is 0 Å². The third-order valence-electron chi connectivity index (χ3n) is 2.38. The van der Waals surface area contributed by atoms with Crippen LogP contribution in [0.25, 0.3) is 0 Å². The van der Waals surface area contributed by atoms with Gasteiger partial charge in [0, 0.05) is 0 Å². The van der Waals surface area contributed by atoms with Crippen molar-refractivity contribution in [3.63, 3.8) is 0 Å². The summed E-state index contributed by atoms with van der Waals surface area (Å²) in [4.78, 5) is 13.6. The molecule has 1 fully saturated rings. The first kappa shape index (κ1) is 11.0. The van der Waals surface area contributed by atoms with E-state index in [0.717, 1.165) is 31.4 Å². The summed E-state index contributed by atoms with van der Waals surface area (Å²) < 4.78 is 4.98. The molecule has 3 nitrogen and oxygen atoms in total. The molecule has 1 aliphatic heterocycles. The number of halogens is 1. The highest BCUT2D eigenvalue weighted by atomic mass is 79.9. The van der Waals surface area contributed by atoms with Gasteiger partial charge in [-0.15, -0.1) is 0 Å². The Morgan fingerprint density at radius 1 is 1.54 bits per heavy atom. The summed E-state index contributed by atoms with van der Waals surface area (Å²) in [5.41, 5.74) is 0.905. The molecule has 0 aromatic rings. The van der Waals surface area contributed by atoms with Crippen LogP contribution in [0.15, 0.2) is 0 Å². The molecule has 76 valence electrons. The first-order valence-electron chi connectivity index (χ1n) is 4.73. The Labute approximate surface area is 87.6 Å². The summed E-state index contributed by atoms with van der Waals surface area (Å²) in [6.45, 7) is 4.34. The largest absolute Gasteiger partial charge is 0.466 e. The Balaban J connectivity index is 2.28. The lowest BCUT2D eigenvalue weighted by Gasteiger charge is -2.28. The van der Waals surface area contributed by atoms with E-state index in [2.05, 4.69) is 20.8 Å². The van der Waals surface area contributed by atoms with Crippen molar-refractivity contribution < 1.29 is 9.53 Å². The van der Waals surface area contributed by atoms with Gasteiger partial charge in [-0.3, -0.25) is 9.69 Å². The van der Waals surface area contributed by atoms with Gasteiger partial charge in [-0.2, -0.15) is 0 Å². The predicted molar refractivity (Wildman–Crippen MR) is 54.7 cm³/mol. The summed E-state index contributed by atoms with van der Waals surface area (Å²) in [6, 6.07) is 0. The van der Waals surface area contributed by atoms with Crippen LogP contribution in [0.2, 0.25) is 0 Å². The van der Waals surface area contributed by atoms with Gasteiger partial charge >= 0.3 is 5.97 Å². The molecule has 0 atom stereocenters. The van der Waals surface area contributed by atoms with Crippen molar-refractivity contribution >= 4 is 21.9 Å². The number of rotatable bonds is 3. The van der Waals surface area contributed by atoms with Crippen molar-refractivity contribution in [1.82, 2.24) is 4.90 Å². The van der Waals surface area contributed by atoms with E-state index in [-0.39, 0.29) is 11.9 Å². The van der Waals surface area contributed by atoms with Crippen LogP contribution in [0.3, 0.4) is 0 Å². The molecule has 0 saturated carbocycles. The van der Waals surface area contributed by atoms with Crippen LogP contribution in [0.5, 0.6) is 0 Å². The second kappa shape index (κ2) is 5.60. The number of likely N-dealkylation sites (tertiary alicyclic amines) is 1. The van der Waals surface area contributed by atoms with Crippen LogP contribution < -0.4 is 0 Å². The molecule has 0 spiro atoms. The fourth-order valence-electron chi connectivity index (χ4n) is 1.55. The SMILES string of the molecule is CCOC(=O)C1CCN(CBr)CC1. The minimum absolute atomic E-state index is 0.0169. The molecule has 0 aromatic carbocycles. The van der Waals surface area contributed by atoms with Crippen LogP contribution >= 0.6 is 15.9 Å². The van der Waals surface area contributed by atoms with Crippen molar-refractivity contribution in [2.75, 3.05) is 25.2 Å². The number of hydrogen-bond acceptors (Lipinski definition) is 3. The van der Waals surface area contributed by atoms with E-state index in [9.17, 15) is 4.79 Å². The van der Waals surface area contributed by atoms with Gasteiger partial charge in [-0.1, -0.05) is 15.9 Å².